The number of carbonyl (C=O) groups excluding carboxylic acids is 1. The summed E-state index contributed by atoms with van der Waals surface area (Å²) in [5.74, 6) is 0.246. The minimum absolute atomic E-state index is 0.0326. The Kier molecular flexibility index (Phi) is 4.59. The molecule has 0 bridgehead atoms. The SMILES string of the molecule is CCCC(O)=C1C(=O)CC(C)(C)CC1=NC(C)(C)C. The number of aliphatic hydroxyl groups excluding tert-OH is 1. The van der Waals surface area contributed by atoms with E-state index in [4.69, 9.17) is 0 Å². The van der Waals surface area contributed by atoms with E-state index < -0.39 is 0 Å². The molecule has 1 aliphatic carbocycles. The van der Waals surface area contributed by atoms with Gasteiger partial charge in [-0.1, -0.05) is 20.8 Å². The number of rotatable bonds is 2. The maximum Gasteiger partial charge on any atom is 0.168 e. The van der Waals surface area contributed by atoms with E-state index in [2.05, 4.69) is 18.8 Å². The van der Waals surface area contributed by atoms with E-state index in [1.165, 1.54) is 0 Å². The normalized spacial score (nSPS) is 24.7. The molecule has 0 aromatic heterocycles. The standard InChI is InChI=1S/C16H27NO2/c1-7-8-12(18)14-11(17-15(2,3)4)9-16(5,6)10-13(14)19/h18H,7-10H2,1-6H3. The van der Waals surface area contributed by atoms with Gasteiger partial charge in [-0.2, -0.15) is 0 Å². The quantitative estimate of drug-likeness (QED) is 0.600. The lowest BCUT2D eigenvalue weighted by Crippen LogP contribution is -2.34. The molecular formula is C16H27NO2. The van der Waals surface area contributed by atoms with Crippen molar-refractivity contribution >= 4 is 11.5 Å². The van der Waals surface area contributed by atoms with Crippen LogP contribution in [0, 0.1) is 5.41 Å². The second-order valence-electron chi connectivity index (χ2n) is 7.24. The van der Waals surface area contributed by atoms with E-state index in [9.17, 15) is 9.90 Å². The van der Waals surface area contributed by atoms with Gasteiger partial charge in [-0.25, -0.2) is 0 Å². The second-order valence-corrected chi connectivity index (χ2v) is 7.24. The van der Waals surface area contributed by atoms with Gasteiger partial charge in [0.05, 0.1) is 16.8 Å². The summed E-state index contributed by atoms with van der Waals surface area (Å²) in [5, 5.41) is 10.2. The van der Waals surface area contributed by atoms with Crippen LogP contribution in [0.5, 0.6) is 0 Å². The van der Waals surface area contributed by atoms with Crippen LogP contribution in [-0.2, 0) is 4.79 Å². The lowest BCUT2D eigenvalue weighted by Gasteiger charge is -2.32. The number of hydrogen-bond donors (Lipinski definition) is 1. The molecule has 0 aromatic carbocycles. The Bertz CT molecular complexity index is 423. The van der Waals surface area contributed by atoms with Crippen LogP contribution in [0.4, 0.5) is 0 Å². The van der Waals surface area contributed by atoms with Crippen LogP contribution in [0.25, 0.3) is 0 Å². The first kappa shape index (κ1) is 15.9. The third-order valence-electron chi connectivity index (χ3n) is 3.10. The van der Waals surface area contributed by atoms with Gasteiger partial charge in [0.1, 0.15) is 5.76 Å². The van der Waals surface area contributed by atoms with Gasteiger partial charge < -0.3 is 5.11 Å². The van der Waals surface area contributed by atoms with Crippen LogP contribution in [0.1, 0.15) is 67.2 Å². The highest BCUT2D eigenvalue weighted by atomic mass is 16.3. The van der Waals surface area contributed by atoms with Crippen LogP contribution in [0.15, 0.2) is 16.3 Å². The predicted octanol–water partition coefficient (Wildman–Crippen LogP) is 4.23. The Morgan fingerprint density at radius 3 is 2.37 bits per heavy atom. The molecule has 1 rings (SSSR count). The number of Topliss-reactive ketones (excluding diaryl/α,β-unsaturated/α-hetero) is 1. The minimum atomic E-state index is -0.235. The van der Waals surface area contributed by atoms with Crippen molar-refractivity contribution in [3.05, 3.63) is 11.3 Å². The summed E-state index contributed by atoms with van der Waals surface area (Å²) >= 11 is 0. The fourth-order valence-electron chi connectivity index (χ4n) is 2.48. The molecule has 0 heterocycles. The summed E-state index contributed by atoms with van der Waals surface area (Å²) in [6, 6.07) is 0. The van der Waals surface area contributed by atoms with E-state index >= 15 is 0 Å². The van der Waals surface area contributed by atoms with Crippen molar-refractivity contribution in [1.82, 2.24) is 0 Å². The molecule has 1 saturated carbocycles. The molecule has 1 aliphatic rings. The Labute approximate surface area is 116 Å². The van der Waals surface area contributed by atoms with Crippen LogP contribution in [0.2, 0.25) is 0 Å². The average molecular weight is 265 g/mol. The number of hydrogen-bond acceptors (Lipinski definition) is 3. The zero-order valence-electron chi connectivity index (χ0n) is 13.1. The number of carbonyl (C=O) groups is 1. The largest absolute Gasteiger partial charge is 0.511 e. The number of allylic oxidation sites excluding steroid dienone is 2. The van der Waals surface area contributed by atoms with E-state index in [1.54, 1.807) is 0 Å². The van der Waals surface area contributed by atoms with Gasteiger partial charge in [-0.15, -0.1) is 0 Å². The molecule has 0 saturated heterocycles. The van der Waals surface area contributed by atoms with Gasteiger partial charge in [-0.05, 0) is 39.0 Å². The summed E-state index contributed by atoms with van der Waals surface area (Å²) in [6.07, 6.45) is 2.61. The molecule has 0 spiro atoms. The van der Waals surface area contributed by atoms with Crippen LogP contribution in [0.3, 0.4) is 0 Å². The smallest absolute Gasteiger partial charge is 0.168 e. The number of aliphatic hydroxyl groups is 1. The molecule has 3 nitrogen and oxygen atoms in total. The summed E-state index contributed by atoms with van der Waals surface area (Å²) < 4.78 is 0. The molecule has 108 valence electrons. The number of ketones is 1. The Morgan fingerprint density at radius 1 is 1.32 bits per heavy atom. The van der Waals surface area contributed by atoms with Gasteiger partial charge in [0, 0.05) is 12.8 Å². The zero-order chi connectivity index (χ0) is 14.8. The van der Waals surface area contributed by atoms with E-state index in [-0.39, 0.29) is 22.5 Å². The van der Waals surface area contributed by atoms with Gasteiger partial charge in [0.15, 0.2) is 5.78 Å². The molecular weight excluding hydrogens is 238 g/mol. The Hall–Kier alpha value is -1.12. The molecule has 0 amide bonds. The second kappa shape index (κ2) is 5.48. The molecule has 0 atom stereocenters. The zero-order valence-corrected chi connectivity index (χ0v) is 13.1. The molecule has 19 heavy (non-hydrogen) atoms. The summed E-state index contributed by atoms with van der Waals surface area (Å²) in [7, 11) is 0. The number of nitrogens with zero attached hydrogens (tertiary/aromatic N) is 1. The molecule has 1 N–H and O–H groups in total. The monoisotopic (exact) mass is 265 g/mol. The fourth-order valence-corrected chi connectivity index (χ4v) is 2.48. The predicted molar refractivity (Wildman–Crippen MR) is 79.8 cm³/mol. The molecule has 0 aromatic rings. The van der Waals surface area contributed by atoms with Crippen LogP contribution < -0.4 is 0 Å². The summed E-state index contributed by atoms with van der Waals surface area (Å²) in [6.45, 7) is 12.2. The van der Waals surface area contributed by atoms with Gasteiger partial charge in [-0.3, -0.25) is 9.79 Å². The van der Waals surface area contributed by atoms with E-state index in [0.29, 0.717) is 18.4 Å². The molecule has 1 fully saturated rings. The van der Waals surface area contributed by atoms with Gasteiger partial charge in [0.2, 0.25) is 0 Å². The molecule has 0 unspecified atom stereocenters. The molecule has 3 heteroatoms. The lowest BCUT2D eigenvalue weighted by atomic mass is 9.73. The first-order valence-corrected chi connectivity index (χ1v) is 7.10. The average Bonchev–Trinajstić information content (AvgIpc) is 2.11. The number of aliphatic imine (C=N–C) groups is 1. The maximum absolute atomic E-state index is 12.3. The third kappa shape index (κ3) is 4.48. The van der Waals surface area contributed by atoms with Crippen molar-refractivity contribution in [2.75, 3.05) is 0 Å². The van der Waals surface area contributed by atoms with Crippen molar-refractivity contribution in [2.24, 2.45) is 10.4 Å². The Morgan fingerprint density at radius 2 is 1.89 bits per heavy atom. The van der Waals surface area contributed by atoms with Crippen LogP contribution >= 0.6 is 0 Å². The van der Waals surface area contributed by atoms with E-state index in [1.807, 2.05) is 27.7 Å². The first-order valence-electron chi connectivity index (χ1n) is 7.10. The Balaban J connectivity index is 3.29. The van der Waals surface area contributed by atoms with E-state index in [0.717, 1.165) is 18.6 Å². The maximum atomic E-state index is 12.3. The summed E-state index contributed by atoms with van der Waals surface area (Å²) in [5.41, 5.74) is 0.952. The highest BCUT2D eigenvalue weighted by Crippen LogP contribution is 2.36. The van der Waals surface area contributed by atoms with Crippen molar-refractivity contribution in [2.45, 2.75) is 72.8 Å². The van der Waals surface area contributed by atoms with Gasteiger partial charge in [0.25, 0.3) is 0 Å². The summed E-state index contributed by atoms with van der Waals surface area (Å²) in [4.78, 5) is 17.0. The van der Waals surface area contributed by atoms with Crippen LogP contribution in [-0.4, -0.2) is 22.1 Å². The van der Waals surface area contributed by atoms with Crippen molar-refractivity contribution in [3.63, 3.8) is 0 Å². The molecule has 0 radical (unpaired) electrons. The fraction of sp³-hybridized carbons (Fsp3) is 0.750. The van der Waals surface area contributed by atoms with Crippen molar-refractivity contribution in [1.29, 1.82) is 0 Å². The lowest BCUT2D eigenvalue weighted by molar-refractivity contribution is -0.117. The van der Waals surface area contributed by atoms with Crippen molar-refractivity contribution in [3.8, 4) is 0 Å². The highest BCUT2D eigenvalue weighted by molar-refractivity contribution is 6.24. The topological polar surface area (TPSA) is 49.7 Å². The van der Waals surface area contributed by atoms with Gasteiger partial charge >= 0.3 is 0 Å². The first-order chi connectivity index (χ1) is 8.56. The third-order valence-corrected chi connectivity index (χ3v) is 3.10. The molecule has 0 aliphatic heterocycles. The highest BCUT2D eigenvalue weighted by Gasteiger charge is 2.36. The van der Waals surface area contributed by atoms with Crippen molar-refractivity contribution < 1.29 is 9.90 Å². The minimum Gasteiger partial charge on any atom is -0.511 e.